The minimum atomic E-state index is -0.611. The number of nitrogens with two attached hydrogens (primary N) is 1. The van der Waals surface area contributed by atoms with E-state index >= 15 is 0 Å². The summed E-state index contributed by atoms with van der Waals surface area (Å²) in [6, 6.07) is 13.0. The van der Waals surface area contributed by atoms with Crippen LogP contribution in [0.2, 0.25) is 5.02 Å². The molecular weight excluding hydrogens is 401 g/mol. The fraction of sp³-hybridized carbons (Fsp3) is 0.150. The Kier molecular flexibility index (Phi) is 6.38. The Morgan fingerprint density at radius 1 is 1.21 bits per heavy atom. The van der Waals surface area contributed by atoms with Gasteiger partial charge >= 0.3 is 0 Å². The van der Waals surface area contributed by atoms with E-state index in [0.29, 0.717) is 16.5 Å². The van der Waals surface area contributed by atoms with Gasteiger partial charge in [0.1, 0.15) is 16.5 Å². The number of benzene rings is 2. The topological polar surface area (TPSA) is 85.1 Å². The zero-order chi connectivity index (χ0) is 20.1. The monoisotopic (exact) mass is 417 g/mol. The number of hydrogen-bond donors (Lipinski definition) is 2. The van der Waals surface area contributed by atoms with Crippen LogP contribution in [0.1, 0.15) is 16.1 Å². The van der Waals surface area contributed by atoms with Gasteiger partial charge in [-0.05, 0) is 36.2 Å². The minimum Gasteiger partial charge on any atom is -0.369 e. The molecule has 0 bridgehead atoms. The maximum absolute atomic E-state index is 13.0. The Hall–Kier alpha value is -2.77. The van der Waals surface area contributed by atoms with E-state index in [1.54, 1.807) is 29.6 Å². The van der Waals surface area contributed by atoms with Crippen LogP contribution < -0.4 is 11.1 Å². The van der Waals surface area contributed by atoms with E-state index in [4.69, 9.17) is 17.3 Å². The number of thiazole rings is 1. The Morgan fingerprint density at radius 3 is 2.64 bits per heavy atom. The highest BCUT2D eigenvalue weighted by Gasteiger charge is 2.19. The Labute approximate surface area is 170 Å². The Morgan fingerprint density at radius 2 is 1.96 bits per heavy atom. The molecule has 0 radical (unpaired) electrons. The van der Waals surface area contributed by atoms with Crippen LogP contribution in [-0.2, 0) is 11.2 Å². The first-order valence-corrected chi connectivity index (χ1v) is 9.71. The van der Waals surface area contributed by atoms with E-state index in [-0.39, 0.29) is 18.1 Å². The molecule has 0 aliphatic heterocycles. The second-order valence-electron chi connectivity index (χ2n) is 6.19. The number of carbonyl (C=O) groups is 2. The number of rotatable bonds is 7. The minimum absolute atomic E-state index is 0.0650. The fourth-order valence-corrected chi connectivity index (χ4v) is 3.60. The standard InChI is InChI=1S/C20H17ClFN3O2S/c21-15-3-1-2-13(9-15)20-25-17(11-28-20)19(27)24-10-14(18(23)26)8-12-4-6-16(22)7-5-12/h1-7,9,11,14H,8,10H2,(H2,23,26)(H,24,27). The average molecular weight is 418 g/mol. The van der Waals surface area contributed by atoms with Gasteiger partial charge in [0.05, 0.1) is 5.92 Å². The van der Waals surface area contributed by atoms with Crippen LogP contribution in [0.4, 0.5) is 4.39 Å². The summed E-state index contributed by atoms with van der Waals surface area (Å²) in [4.78, 5) is 28.4. The molecular formula is C20H17ClFN3O2S. The maximum atomic E-state index is 13.0. The van der Waals surface area contributed by atoms with Crippen LogP contribution in [0, 0.1) is 11.7 Å². The summed E-state index contributed by atoms with van der Waals surface area (Å²) in [5.74, 6) is -1.90. The fourth-order valence-electron chi connectivity index (χ4n) is 2.62. The van der Waals surface area contributed by atoms with Crippen LogP contribution in [0.3, 0.4) is 0 Å². The lowest BCUT2D eigenvalue weighted by atomic mass is 9.98. The number of amides is 2. The molecule has 28 heavy (non-hydrogen) atoms. The molecule has 1 aromatic heterocycles. The van der Waals surface area contributed by atoms with Crippen molar-refractivity contribution < 1.29 is 14.0 Å². The lowest BCUT2D eigenvalue weighted by molar-refractivity contribution is -0.121. The SMILES string of the molecule is NC(=O)C(CNC(=O)c1csc(-c2cccc(Cl)c2)n1)Cc1ccc(F)cc1. The molecule has 3 rings (SSSR count). The molecule has 1 atom stereocenters. The number of nitrogens with one attached hydrogen (secondary N) is 1. The molecule has 1 unspecified atom stereocenters. The molecule has 8 heteroatoms. The van der Waals surface area contributed by atoms with Crippen molar-refractivity contribution in [2.24, 2.45) is 11.7 Å². The number of halogens is 2. The highest BCUT2D eigenvalue weighted by Crippen LogP contribution is 2.26. The molecule has 2 aromatic carbocycles. The molecule has 3 N–H and O–H groups in total. The predicted molar refractivity (Wildman–Crippen MR) is 108 cm³/mol. The summed E-state index contributed by atoms with van der Waals surface area (Å²) in [5, 5.41) is 5.59. The molecule has 0 aliphatic carbocycles. The smallest absolute Gasteiger partial charge is 0.270 e. The first-order chi connectivity index (χ1) is 13.4. The van der Waals surface area contributed by atoms with Crippen molar-refractivity contribution in [3.8, 4) is 10.6 Å². The number of carbonyl (C=O) groups excluding carboxylic acids is 2. The van der Waals surface area contributed by atoms with Gasteiger partial charge < -0.3 is 11.1 Å². The number of primary amides is 1. The van der Waals surface area contributed by atoms with Gasteiger partial charge in [-0.2, -0.15) is 0 Å². The van der Waals surface area contributed by atoms with Gasteiger partial charge in [0.25, 0.3) is 5.91 Å². The molecule has 2 amide bonds. The highest BCUT2D eigenvalue weighted by atomic mass is 35.5. The van der Waals surface area contributed by atoms with Gasteiger partial charge in [0.2, 0.25) is 5.91 Å². The van der Waals surface area contributed by atoms with Crippen molar-refractivity contribution in [1.29, 1.82) is 0 Å². The van der Waals surface area contributed by atoms with Gasteiger partial charge in [0.15, 0.2) is 0 Å². The quantitative estimate of drug-likeness (QED) is 0.615. The van der Waals surface area contributed by atoms with Crippen LogP contribution >= 0.6 is 22.9 Å². The predicted octanol–water partition coefficient (Wildman–Crippen LogP) is 3.68. The molecule has 3 aromatic rings. The van der Waals surface area contributed by atoms with Crippen molar-refractivity contribution in [2.45, 2.75) is 6.42 Å². The van der Waals surface area contributed by atoms with Gasteiger partial charge in [-0.25, -0.2) is 9.37 Å². The van der Waals surface area contributed by atoms with Crippen LogP contribution in [-0.4, -0.2) is 23.3 Å². The van der Waals surface area contributed by atoms with E-state index in [1.807, 2.05) is 12.1 Å². The molecule has 0 saturated heterocycles. The molecule has 0 saturated carbocycles. The van der Waals surface area contributed by atoms with Gasteiger partial charge in [-0.3, -0.25) is 9.59 Å². The highest BCUT2D eigenvalue weighted by molar-refractivity contribution is 7.13. The molecule has 0 spiro atoms. The zero-order valence-electron chi connectivity index (χ0n) is 14.7. The van der Waals surface area contributed by atoms with Crippen molar-refractivity contribution in [2.75, 3.05) is 6.54 Å². The number of nitrogens with zero attached hydrogens (tertiary/aromatic N) is 1. The Balaban J connectivity index is 1.63. The van der Waals surface area contributed by atoms with E-state index in [1.165, 1.54) is 23.5 Å². The lowest BCUT2D eigenvalue weighted by Gasteiger charge is -2.14. The largest absolute Gasteiger partial charge is 0.369 e. The van der Waals surface area contributed by atoms with Crippen LogP contribution in [0.25, 0.3) is 10.6 Å². The summed E-state index contributed by atoms with van der Waals surface area (Å²) in [5.41, 5.74) is 7.28. The van der Waals surface area contributed by atoms with Crippen molar-refractivity contribution >= 4 is 34.8 Å². The van der Waals surface area contributed by atoms with Crippen molar-refractivity contribution in [3.05, 3.63) is 76.0 Å². The first-order valence-electron chi connectivity index (χ1n) is 8.46. The molecule has 1 heterocycles. The molecule has 0 fully saturated rings. The Bertz CT molecular complexity index is 991. The van der Waals surface area contributed by atoms with E-state index < -0.39 is 17.7 Å². The second kappa shape index (κ2) is 8.95. The van der Waals surface area contributed by atoms with Gasteiger partial charge in [0, 0.05) is 22.5 Å². The average Bonchev–Trinajstić information content (AvgIpc) is 3.16. The number of aromatic nitrogens is 1. The van der Waals surface area contributed by atoms with Crippen molar-refractivity contribution in [1.82, 2.24) is 10.3 Å². The van der Waals surface area contributed by atoms with E-state index in [0.717, 1.165) is 11.1 Å². The third-order valence-corrected chi connectivity index (χ3v) is 5.24. The maximum Gasteiger partial charge on any atom is 0.270 e. The van der Waals surface area contributed by atoms with E-state index in [2.05, 4.69) is 10.3 Å². The van der Waals surface area contributed by atoms with E-state index in [9.17, 15) is 14.0 Å². The summed E-state index contributed by atoms with van der Waals surface area (Å²) in [6.45, 7) is 0.0650. The molecule has 0 aliphatic rings. The summed E-state index contributed by atoms with van der Waals surface area (Å²) in [6.07, 6.45) is 0.306. The normalized spacial score (nSPS) is 11.8. The first kappa shape index (κ1) is 20.0. The zero-order valence-corrected chi connectivity index (χ0v) is 16.3. The molecule has 5 nitrogen and oxygen atoms in total. The van der Waals surface area contributed by atoms with Crippen LogP contribution in [0.5, 0.6) is 0 Å². The van der Waals surface area contributed by atoms with Crippen molar-refractivity contribution in [3.63, 3.8) is 0 Å². The lowest BCUT2D eigenvalue weighted by Crippen LogP contribution is -2.37. The van der Waals surface area contributed by atoms with Gasteiger partial charge in [-0.15, -0.1) is 11.3 Å². The summed E-state index contributed by atoms with van der Waals surface area (Å²) in [7, 11) is 0. The third-order valence-electron chi connectivity index (χ3n) is 4.12. The number of hydrogen-bond acceptors (Lipinski definition) is 4. The van der Waals surface area contributed by atoms with Crippen LogP contribution in [0.15, 0.2) is 53.9 Å². The summed E-state index contributed by atoms with van der Waals surface area (Å²) < 4.78 is 13.0. The van der Waals surface area contributed by atoms with Gasteiger partial charge in [-0.1, -0.05) is 35.9 Å². The summed E-state index contributed by atoms with van der Waals surface area (Å²) >= 11 is 7.31. The third kappa shape index (κ3) is 5.15. The molecule has 144 valence electrons. The second-order valence-corrected chi connectivity index (χ2v) is 7.48.